The topological polar surface area (TPSA) is 79.9 Å². The van der Waals surface area contributed by atoms with Crippen LogP contribution in [0.5, 0.6) is 0 Å². The average molecular weight is 346 g/mol. The van der Waals surface area contributed by atoms with Crippen LogP contribution in [0.15, 0.2) is 66.4 Å². The number of hydrogen-bond donors (Lipinski definition) is 2. The van der Waals surface area contributed by atoms with E-state index in [9.17, 15) is 4.79 Å². The van der Waals surface area contributed by atoms with Crippen LogP contribution in [0.1, 0.15) is 12.8 Å². The SMILES string of the molecule is O=C(Nc1ccccc1-c1nc(-c2ccccc2)n[nH]1)C1=COCCC1. The quantitative estimate of drug-likeness (QED) is 0.753. The van der Waals surface area contributed by atoms with E-state index in [1.54, 1.807) is 6.26 Å². The second kappa shape index (κ2) is 7.23. The molecule has 1 aliphatic heterocycles. The molecule has 0 radical (unpaired) electrons. The van der Waals surface area contributed by atoms with Crippen LogP contribution in [-0.4, -0.2) is 27.7 Å². The van der Waals surface area contributed by atoms with E-state index in [1.165, 1.54) is 0 Å². The van der Waals surface area contributed by atoms with E-state index < -0.39 is 0 Å². The van der Waals surface area contributed by atoms with E-state index in [1.807, 2.05) is 54.6 Å². The summed E-state index contributed by atoms with van der Waals surface area (Å²) in [5.74, 6) is 1.07. The molecular formula is C20H18N4O2. The maximum atomic E-state index is 12.5. The van der Waals surface area contributed by atoms with Crippen molar-refractivity contribution in [2.75, 3.05) is 11.9 Å². The lowest BCUT2D eigenvalue weighted by molar-refractivity contribution is -0.113. The summed E-state index contributed by atoms with van der Waals surface area (Å²) in [4.78, 5) is 17.0. The first-order chi connectivity index (χ1) is 12.8. The van der Waals surface area contributed by atoms with Crippen LogP contribution in [0, 0.1) is 0 Å². The van der Waals surface area contributed by atoms with E-state index in [4.69, 9.17) is 4.74 Å². The van der Waals surface area contributed by atoms with Crippen LogP contribution < -0.4 is 5.32 Å². The largest absolute Gasteiger partial charge is 0.501 e. The van der Waals surface area contributed by atoms with Gasteiger partial charge in [0.05, 0.1) is 24.1 Å². The number of aromatic nitrogens is 3. The summed E-state index contributed by atoms with van der Waals surface area (Å²) in [6, 6.07) is 17.3. The highest BCUT2D eigenvalue weighted by Crippen LogP contribution is 2.27. The predicted molar refractivity (Wildman–Crippen MR) is 99.2 cm³/mol. The molecule has 2 aromatic carbocycles. The number of hydrogen-bond acceptors (Lipinski definition) is 4. The van der Waals surface area contributed by atoms with Crippen LogP contribution in [0.3, 0.4) is 0 Å². The molecule has 2 heterocycles. The molecule has 0 bridgehead atoms. The Kier molecular flexibility index (Phi) is 4.47. The van der Waals surface area contributed by atoms with Gasteiger partial charge in [0.1, 0.15) is 0 Å². The van der Waals surface area contributed by atoms with Crippen molar-refractivity contribution in [1.82, 2.24) is 15.2 Å². The molecule has 0 aliphatic carbocycles. The predicted octanol–water partition coefficient (Wildman–Crippen LogP) is 3.77. The second-order valence-electron chi connectivity index (χ2n) is 5.99. The fraction of sp³-hybridized carbons (Fsp3) is 0.150. The maximum Gasteiger partial charge on any atom is 0.254 e. The number of nitrogens with zero attached hydrogens (tertiary/aromatic N) is 2. The highest BCUT2D eigenvalue weighted by molar-refractivity contribution is 6.05. The van der Waals surface area contributed by atoms with Crippen molar-refractivity contribution in [3.63, 3.8) is 0 Å². The third-order valence-corrected chi connectivity index (χ3v) is 4.17. The average Bonchev–Trinajstić information content (AvgIpc) is 3.20. The Labute approximate surface area is 150 Å². The summed E-state index contributed by atoms with van der Waals surface area (Å²) in [5.41, 5.74) is 3.04. The number of anilines is 1. The zero-order valence-corrected chi connectivity index (χ0v) is 14.1. The number of rotatable bonds is 4. The number of H-pyrrole nitrogens is 1. The van der Waals surface area contributed by atoms with Gasteiger partial charge in [-0.05, 0) is 25.0 Å². The minimum absolute atomic E-state index is 0.153. The summed E-state index contributed by atoms with van der Waals surface area (Å²) in [6.07, 6.45) is 3.11. The Morgan fingerprint density at radius 1 is 1.08 bits per heavy atom. The molecular weight excluding hydrogens is 328 g/mol. The molecule has 1 aromatic heterocycles. The summed E-state index contributed by atoms with van der Waals surface area (Å²) in [5, 5.41) is 10.2. The lowest BCUT2D eigenvalue weighted by Crippen LogP contribution is -2.17. The molecule has 0 fully saturated rings. The van der Waals surface area contributed by atoms with Gasteiger partial charge >= 0.3 is 0 Å². The number of nitrogens with one attached hydrogen (secondary N) is 2. The van der Waals surface area contributed by atoms with Crippen LogP contribution in [0.4, 0.5) is 5.69 Å². The lowest BCUT2D eigenvalue weighted by atomic mass is 10.1. The van der Waals surface area contributed by atoms with E-state index in [-0.39, 0.29) is 5.91 Å². The van der Waals surface area contributed by atoms with Gasteiger partial charge in [-0.15, -0.1) is 0 Å². The first-order valence-electron chi connectivity index (χ1n) is 8.50. The van der Waals surface area contributed by atoms with E-state index in [2.05, 4.69) is 20.5 Å². The van der Waals surface area contributed by atoms with Gasteiger partial charge in [-0.2, -0.15) is 5.10 Å². The molecule has 0 spiro atoms. The molecule has 0 atom stereocenters. The summed E-state index contributed by atoms with van der Waals surface area (Å²) in [6.45, 7) is 0.660. The molecule has 0 saturated heterocycles. The number of para-hydroxylation sites is 1. The molecule has 0 saturated carbocycles. The molecule has 6 nitrogen and oxygen atoms in total. The van der Waals surface area contributed by atoms with Gasteiger partial charge in [-0.25, -0.2) is 4.98 Å². The van der Waals surface area contributed by atoms with Gasteiger partial charge < -0.3 is 10.1 Å². The molecule has 0 unspecified atom stereocenters. The van der Waals surface area contributed by atoms with E-state index in [0.717, 1.165) is 17.5 Å². The normalized spacial score (nSPS) is 13.6. The van der Waals surface area contributed by atoms with Crippen molar-refractivity contribution < 1.29 is 9.53 Å². The summed E-state index contributed by atoms with van der Waals surface area (Å²) < 4.78 is 5.26. The van der Waals surface area contributed by atoms with Crippen molar-refractivity contribution >= 4 is 11.6 Å². The van der Waals surface area contributed by atoms with Gasteiger partial charge in [0, 0.05) is 11.1 Å². The van der Waals surface area contributed by atoms with Crippen molar-refractivity contribution in [2.45, 2.75) is 12.8 Å². The van der Waals surface area contributed by atoms with Crippen molar-refractivity contribution in [3.05, 3.63) is 66.4 Å². The fourth-order valence-electron chi connectivity index (χ4n) is 2.83. The highest BCUT2D eigenvalue weighted by Gasteiger charge is 2.17. The zero-order chi connectivity index (χ0) is 17.8. The monoisotopic (exact) mass is 346 g/mol. The zero-order valence-electron chi connectivity index (χ0n) is 14.1. The molecule has 2 N–H and O–H groups in total. The van der Waals surface area contributed by atoms with Crippen molar-refractivity contribution in [2.24, 2.45) is 0 Å². The minimum Gasteiger partial charge on any atom is -0.501 e. The molecule has 1 aliphatic rings. The van der Waals surface area contributed by atoms with Gasteiger partial charge in [0.15, 0.2) is 11.6 Å². The van der Waals surface area contributed by atoms with Crippen LogP contribution in [0.2, 0.25) is 0 Å². The molecule has 130 valence electrons. The minimum atomic E-state index is -0.153. The third-order valence-electron chi connectivity index (χ3n) is 4.17. The first kappa shape index (κ1) is 16.1. The van der Waals surface area contributed by atoms with Gasteiger partial charge in [0.25, 0.3) is 5.91 Å². The van der Waals surface area contributed by atoms with Crippen molar-refractivity contribution in [3.8, 4) is 22.8 Å². The standard InChI is InChI=1S/C20H18N4O2/c25-20(15-9-6-12-26-13-15)21-17-11-5-4-10-16(17)19-22-18(23-24-19)14-7-2-1-3-8-14/h1-5,7-8,10-11,13H,6,9,12H2,(H,21,25)(H,22,23,24). The Balaban J connectivity index is 1.61. The Hall–Kier alpha value is -3.41. The fourth-order valence-corrected chi connectivity index (χ4v) is 2.83. The Morgan fingerprint density at radius 2 is 1.88 bits per heavy atom. The van der Waals surface area contributed by atoms with Gasteiger partial charge in [-0.3, -0.25) is 9.89 Å². The van der Waals surface area contributed by atoms with Crippen LogP contribution >= 0.6 is 0 Å². The number of aromatic amines is 1. The van der Waals surface area contributed by atoms with Crippen LogP contribution in [-0.2, 0) is 9.53 Å². The lowest BCUT2D eigenvalue weighted by Gasteiger charge is -2.14. The third kappa shape index (κ3) is 3.35. The number of ether oxygens (including phenoxy) is 1. The molecule has 4 rings (SSSR count). The van der Waals surface area contributed by atoms with E-state index in [0.29, 0.717) is 35.9 Å². The van der Waals surface area contributed by atoms with E-state index >= 15 is 0 Å². The molecule has 6 heteroatoms. The molecule has 26 heavy (non-hydrogen) atoms. The Morgan fingerprint density at radius 3 is 2.69 bits per heavy atom. The number of amides is 1. The molecule has 3 aromatic rings. The molecule has 1 amide bonds. The summed E-state index contributed by atoms with van der Waals surface area (Å²) in [7, 11) is 0. The highest BCUT2D eigenvalue weighted by atomic mass is 16.5. The number of benzene rings is 2. The second-order valence-corrected chi connectivity index (χ2v) is 5.99. The van der Waals surface area contributed by atoms with Gasteiger partial charge in [-0.1, -0.05) is 42.5 Å². The number of carbonyl (C=O) groups is 1. The van der Waals surface area contributed by atoms with Gasteiger partial charge in [0.2, 0.25) is 0 Å². The Bertz CT molecular complexity index is 947. The van der Waals surface area contributed by atoms with Crippen molar-refractivity contribution in [1.29, 1.82) is 0 Å². The van der Waals surface area contributed by atoms with Crippen LogP contribution in [0.25, 0.3) is 22.8 Å². The first-order valence-corrected chi connectivity index (χ1v) is 8.50. The summed E-state index contributed by atoms with van der Waals surface area (Å²) >= 11 is 0. The number of carbonyl (C=O) groups excluding carboxylic acids is 1. The smallest absolute Gasteiger partial charge is 0.254 e. The maximum absolute atomic E-state index is 12.5.